The summed E-state index contributed by atoms with van der Waals surface area (Å²) in [5, 5.41) is 19.3. The summed E-state index contributed by atoms with van der Waals surface area (Å²) in [4.78, 5) is 0. The van der Waals surface area contributed by atoms with Crippen LogP contribution in [0.1, 0.15) is 5.56 Å². The minimum absolute atomic E-state index is 0.128. The normalized spacial score (nSPS) is 10.5. The zero-order valence-electron chi connectivity index (χ0n) is 8.28. The predicted octanol–water partition coefficient (Wildman–Crippen LogP) is 1.22. The Labute approximate surface area is 87.7 Å². The van der Waals surface area contributed by atoms with Gasteiger partial charge in [0.05, 0.1) is 5.69 Å². The maximum Gasteiger partial charge on any atom is 0.201 e. The lowest BCUT2D eigenvalue weighted by Crippen LogP contribution is -2.21. The summed E-state index contributed by atoms with van der Waals surface area (Å²) in [5.74, 6) is -0.349. The molecule has 0 spiro atoms. The maximum absolute atomic E-state index is 8.59. The SMILES string of the molecule is Cc1cccc(N/N=C(\C#N)C(=N)N)c1. The predicted molar refractivity (Wildman–Crippen MR) is 59.8 cm³/mol. The smallest absolute Gasteiger partial charge is 0.201 e. The molecule has 0 saturated carbocycles. The first-order valence-corrected chi connectivity index (χ1v) is 4.28. The Kier molecular flexibility index (Phi) is 3.41. The van der Waals surface area contributed by atoms with Crippen molar-refractivity contribution in [3.05, 3.63) is 29.8 Å². The van der Waals surface area contributed by atoms with E-state index in [1.807, 2.05) is 31.2 Å². The third-order valence-corrected chi connectivity index (χ3v) is 1.68. The zero-order valence-corrected chi connectivity index (χ0v) is 8.28. The van der Waals surface area contributed by atoms with E-state index in [2.05, 4.69) is 10.5 Å². The molecule has 5 nitrogen and oxygen atoms in total. The number of hydrazone groups is 1. The lowest BCUT2D eigenvalue weighted by atomic mass is 10.2. The monoisotopic (exact) mass is 201 g/mol. The Balaban J connectivity index is 2.80. The van der Waals surface area contributed by atoms with E-state index in [1.165, 1.54) is 0 Å². The average Bonchev–Trinajstić information content (AvgIpc) is 2.18. The van der Waals surface area contributed by atoms with Gasteiger partial charge in [-0.1, -0.05) is 12.1 Å². The summed E-state index contributed by atoms with van der Waals surface area (Å²) in [5.41, 5.74) is 9.50. The molecular weight excluding hydrogens is 190 g/mol. The number of hydrogen-bond acceptors (Lipinski definition) is 4. The van der Waals surface area contributed by atoms with Crippen molar-refractivity contribution >= 4 is 17.2 Å². The molecule has 76 valence electrons. The molecule has 0 aliphatic heterocycles. The van der Waals surface area contributed by atoms with Crippen LogP contribution in [0.3, 0.4) is 0 Å². The summed E-state index contributed by atoms with van der Waals surface area (Å²) in [6, 6.07) is 9.23. The van der Waals surface area contributed by atoms with E-state index in [9.17, 15) is 0 Å². The van der Waals surface area contributed by atoms with Crippen molar-refractivity contribution in [1.29, 1.82) is 10.7 Å². The summed E-state index contributed by atoms with van der Waals surface area (Å²) >= 11 is 0. The molecule has 0 aromatic heterocycles. The largest absolute Gasteiger partial charge is 0.382 e. The van der Waals surface area contributed by atoms with Crippen molar-refractivity contribution in [3.63, 3.8) is 0 Å². The highest BCUT2D eigenvalue weighted by atomic mass is 15.3. The van der Waals surface area contributed by atoms with Crippen LogP contribution in [-0.2, 0) is 0 Å². The first-order valence-electron chi connectivity index (χ1n) is 4.28. The second-order valence-electron chi connectivity index (χ2n) is 2.97. The number of rotatable bonds is 3. The van der Waals surface area contributed by atoms with Crippen LogP contribution in [0.2, 0.25) is 0 Å². The van der Waals surface area contributed by atoms with Crippen molar-refractivity contribution < 1.29 is 0 Å². The Bertz CT molecular complexity index is 441. The third kappa shape index (κ3) is 3.12. The highest BCUT2D eigenvalue weighted by Gasteiger charge is 2.00. The number of nitrogens with one attached hydrogen (secondary N) is 2. The van der Waals surface area contributed by atoms with E-state index >= 15 is 0 Å². The molecule has 1 rings (SSSR count). The van der Waals surface area contributed by atoms with Gasteiger partial charge >= 0.3 is 0 Å². The fraction of sp³-hybridized carbons (Fsp3) is 0.100. The molecule has 15 heavy (non-hydrogen) atoms. The number of nitrogens with two attached hydrogens (primary N) is 1. The Morgan fingerprint density at radius 3 is 2.87 bits per heavy atom. The number of amidine groups is 1. The summed E-state index contributed by atoms with van der Waals surface area (Å²) in [7, 11) is 0. The molecule has 0 saturated heterocycles. The van der Waals surface area contributed by atoms with Crippen LogP contribution in [0.4, 0.5) is 5.69 Å². The van der Waals surface area contributed by atoms with Crippen LogP contribution in [0.25, 0.3) is 0 Å². The average molecular weight is 201 g/mol. The van der Waals surface area contributed by atoms with E-state index in [4.69, 9.17) is 16.4 Å². The van der Waals surface area contributed by atoms with E-state index in [-0.39, 0.29) is 11.5 Å². The maximum atomic E-state index is 8.59. The van der Waals surface area contributed by atoms with Crippen molar-refractivity contribution in [2.75, 3.05) is 5.43 Å². The van der Waals surface area contributed by atoms with Gasteiger partial charge in [-0.2, -0.15) is 10.4 Å². The van der Waals surface area contributed by atoms with Gasteiger partial charge in [-0.3, -0.25) is 10.8 Å². The Hall–Kier alpha value is -2.35. The standard InChI is InChI=1S/C10H11N5/c1-7-3-2-4-8(5-7)14-15-9(6-11)10(12)13/h2-5,14H,1H3,(H3,12,13)/b15-9+. The van der Waals surface area contributed by atoms with Gasteiger partial charge in [-0.15, -0.1) is 0 Å². The van der Waals surface area contributed by atoms with E-state index in [0.717, 1.165) is 11.3 Å². The molecule has 0 aliphatic rings. The van der Waals surface area contributed by atoms with Crippen molar-refractivity contribution in [2.24, 2.45) is 10.8 Å². The summed E-state index contributed by atoms with van der Waals surface area (Å²) < 4.78 is 0. The number of nitrogens with zero attached hydrogens (tertiary/aromatic N) is 2. The van der Waals surface area contributed by atoms with Gasteiger partial charge in [0, 0.05) is 0 Å². The van der Waals surface area contributed by atoms with Crippen molar-refractivity contribution in [2.45, 2.75) is 6.92 Å². The van der Waals surface area contributed by atoms with Crippen LogP contribution in [-0.4, -0.2) is 11.5 Å². The number of benzene rings is 1. The lowest BCUT2D eigenvalue weighted by Gasteiger charge is -2.01. The number of nitriles is 1. The minimum Gasteiger partial charge on any atom is -0.382 e. The van der Waals surface area contributed by atoms with Crippen LogP contribution < -0.4 is 11.2 Å². The molecule has 1 aromatic rings. The van der Waals surface area contributed by atoms with Gasteiger partial charge in [0.2, 0.25) is 5.71 Å². The highest BCUT2D eigenvalue weighted by molar-refractivity contribution is 6.45. The molecule has 0 amide bonds. The Morgan fingerprint density at radius 1 is 1.60 bits per heavy atom. The second kappa shape index (κ2) is 4.77. The van der Waals surface area contributed by atoms with E-state index in [1.54, 1.807) is 6.07 Å². The molecule has 0 unspecified atom stereocenters. The second-order valence-corrected chi connectivity index (χ2v) is 2.97. The van der Waals surface area contributed by atoms with Crippen LogP contribution in [0.15, 0.2) is 29.4 Å². The van der Waals surface area contributed by atoms with E-state index in [0.29, 0.717) is 0 Å². The Morgan fingerprint density at radius 2 is 2.33 bits per heavy atom. The molecule has 1 aromatic carbocycles. The van der Waals surface area contributed by atoms with Crippen LogP contribution >= 0.6 is 0 Å². The lowest BCUT2D eigenvalue weighted by molar-refractivity contribution is 1.32. The molecule has 0 fully saturated rings. The third-order valence-electron chi connectivity index (χ3n) is 1.68. The van der Waals surface area contributed by atoms with Crippen LogP contribution in [0, 0.1) is 23.7 Å². The van der Waals surface area contributed by atoms with Gasteiger partial charge in [0.25, 0.3) is 0 Å². The number of hydrogen-bond donors (Lipinski definition) is 3. The number of anilines is 1. The topological polar surface area (TPSA) is 98.0 Å². The van der Waals surface area contributed by atoms with Gasteiger partial charge < -0.3 is 5.73 Å². The van der Waals surface area contributed by atoms with Crippen molar-refractivity contribution in [1.82, 2.24) is 0 Å². The van der Waals surface area contributed by atoms with Crippen molar-refractivity contribution in [3.8, 4) is 6.07 Å². The van der Waals surface area contributed by atoms with Gasteiger partial charge in [0.1, 0.15) is 6.07 Å². The molecular formula is C10H11N5. The van der Waals surface area contributed by atoms with Crippen LogP contribution in [0.5, 0.6) is 0 Å². The van der Waals surface area contributed by atoms with E-state index < -0.39 is 0 Å². The molecule has 0 atom stereocenters. The van der Waals surface area contributed by atoms with Gasteiger partial charge in [-0.05, 0) is 24.6 Å². The number of aryl methyl sites for hydroxylation is 1. The highest BCUT2D eigenvalue weighted by Crippen LogP contribution is 2.08. The quantitative estimate of drug-likeness (QED) is 0.389. The first-order chi connectivity index (χ1) is 7.13. The zero-order chi connectivity index (χ0) is 11.3. The molecule has 5 heteroatoms. The van der Waals surface area contributed by atoms with Gasteiger partial charge in [0.15, 0.2) is 5.84 Å². The first kappa shape index (κ1) is 10.7. The summed E-state index contributed by atoms with van der Waals surface area (Å²) in [6.45, 7) is 1.95. The molecule has 0 aliphatic carbocycles. The molecule has 0 radical (unpaired) electrons. The fourth-order valence-corrected chi connectivity index (χ4v) is 0.981. The summed E-state index contributed by atoms with van der Waals surface area (Å²) in [6.07, 6.45) is 0. The fourth-order valence-electron chi connectivity index (χ4n) is 0.981. The molecule has 0 heterocycles. The molecule has 0 bridgehead atoms. The minimum atomic E-state index is -0.349. The van der Waals surface area contributed by atoms with Gasteiger partial charge in [-0.25, -0.2) is 0 Å². The molecule has 4 N–H and O–H groups in total.